The molecule has 1 aromatic carbocycles. The molecule has 0 aliphatic carbocycles. The lowest BCUT2D eigenvalue weighted by Gasteiger charge is -2.12. The van der Waals surface area contributed by atoms with E-state index in [1.54, 1.807) is 17.0 Å². The van der Waals surface area contributed by atoms with Gasteiger partial charge in [-0.3, -0.25) is 4.90 Å². The van der Waals surface area contributed by atoms with Crippen molar-refractivity contribution in [2.75, 3.05) is 11.4 Å². The standard InChI is InChI=1S/C10H10ClNO2/c1-7-6-12(10(13)14-7)9-4-2-3-8(11)5-9/h2-5,7H,6H2,1H3. The molecular formula is C10H10ClNO2. The van der Waals surface area contributed by atoms with Crippen LogP contribution in [-0.4, -0.2) is 18.7 Å². The molecule has 0 saturated carbocycles. The molecule has 0 N–H and O–H groups in total. The molecule has 2 rings (SSSR count). The number of amides is 1. The van der Waals surface area contributed by atoms with Crippen LogP contribution >= 0.6 is 11.6 Å². The minimum atomic E-state index is -0.306. The van der Waals surface area contributed by atoms with E-state index in [1.165, 1.54) is 0 Å². The van der Waals surface area contributed by atoms with Crippen molar-refractivity contribution in [3.8, 4) is 0 Å². The number of hydrogen-bond acceptors (Lipinski definition) is 2. The topological polar surface area (TPSA) is 29.5 Å². The van der Waals surface area contributed by atoms with Crippen LogP contribution in [-0.2, 0) is 4.74 Å². The third-order valence-electron chi connectivity index (χ3n) is 2.08. The van der Waals surface area contributed by atoms with Gasteiger partial charge in [-0.15, -0.1) is 0 Å². The lowest BCUT2D eigenvalue weighted by atomic mass is 10.3. The summed E-state index contributed by atoms with van der Waals surface area (Å²) in [4.78, 5) is 12.9. The van der Waals surface area contributed by atoms with Gasteiger partial charge < -0.3 is 4.74 Å². The molecule has 1 atom stereocenters. The number of hydrogen-bond donors (Lipinski definition) is 0. The Labute approximate surface area is 87.2 Å². The zero-order valence-electron chi connectivity index (χ0n) is 7.74. The number of cyclic esters (lactones) is 1. The lowest BCUT2D eigenvalue weighted by Crippen LogP contribution is -2.23. The molecule has 1 heterocycles. The Morgan fingerprint density at radius 2 is 2.36 bits per heavy atom. The van der Waals surface area contributed by atoms with Gasteiger partial charge in [0.2, 0.25) is 0 Å². The minimum Gasteiger partial charge on any atom is -0.444 e. The maximum atomic E-state index is 11.4. The number of ether oxygens (including phenoxy) is 1. The Morgan fingerprint density at radius 1 is 1.57 bits per heavy atom. The summed E-state index contributed by atoms with van der Waals surface area (Å²) >= 11 is 5.83. The number of rotatable bonds is 1. The van der Waals surface area contributed by atoms with Crippen LogP contribution in [0.5, 0.6) is 0 Å². The van der Waals surface area contributed by atoms with Crippen LogP contribution in [0.25, 0.3) is 0 Å². The molecule has 4 heteroatoms. The quantitative estimate of drug-likeness (QED) is 0.715. The van der Waals surface area contributed by atoms with Crippen LogP contribution < -0.4 is 4.90 Å². The highest BCUT2D eigenvalue weighted by Crippen LogP contribution is 2.23. The summed E-state index contributed by atoms with van der Waals surface area (Å²) in [6.07, 6.45) is -0.360. The molecule has 1 amide bonds. The van der Waals surface area contributed by atoms with E-state index in [2.05, 4.69) is 0 Å². The first-order valence-corrected chi connectivity index (χ1v) is 4.78. The summed E-state index contributed by atoms with van der Waals surface area (Å²) < 4.78 is 5.01. The van der Waals surface area contributed by atoms with E-state index < -0.39 is 0 Å². The maximum Gasteiger partial charge on any atom is 0.414 e. The SMILES string of the molecule is CC1CN(c2cccc(Cl)c2)C(=O)O1. The van der Waals surface area contributed by atoms with Crippen LogP contribution in [0.2, 0.25) is 5.02 Å². The fourth-order valence-electron chi connectivity index (χ4n) is 1.46. The zero-order valence-corrected chi connectivity index (χ0v) is 8.49. The zero-order chi connectivity index (χ0) is 10.1. The van der Waals surface area contributed by atoms with E-state index in [0.29, 0.717) is 11.6 Å². The molecule has 0 radical (unpaired) electrons. The highest BCUT2D eigenvalue weighted by molar-refractivity contribution is 6.30. The van der Waals surface area contributed by atoms with Gasteiger partial charge in [0.15, 0.2) is 0 Å². The monoisotopic (exact) mass is 211 g/mol. The molecule has 0 spiro atoms. The van der Waals surface area contributed by atoms with Gasteiger partial charge in [0, 0.05) is 10.7 Å². The first kappa shape index (κ1) is 9.34. The van der Waals surface area contributed by atoms with E-state index in [1.807, 2.05) is 19.1 Å². The second kappa shape index (κ2) is 3.50. The van der Waals surface area contributed by atoms with Gasteiger partial charge in [-0.2, -0.15) is 0 Å². The second-order valence-electron chi connectivity index (χ2n) is 3.28. The van der Waals surface area contributed by atoms with Gasteiger partial charge in [0.05, 0.1) is 6.54 Å². The van der Waals surface area contributed by atoms with Crippen molar-refractivity contribution in [3.05, 3.63) is 29.3 Å². The molecule has 14 heavy (non-hydrogen) atoms. The number of anilines is 1. The molecular weight excluding hydrogens is 202 g/mol. The van der Waals surface area contributed by atoms with Crippen LogP contribution in [0.1, 0.15) is 6.92 Å². The largest absolute Gasteiger partial charge is 0.444 e. The summed E-state index contributed by atoms with van der Waals surface area (Å²) in [5, 5.41) is 0.620. The fraction of sp³-hybridized carbons (Fsp3) is 0.300. The van der Waals surface area contributed by atoms with Crippen LogP contribution in [0.15, 0.2) is 24.3 Å². The van der Waals surface area contributed by atoms with E-state index >= 15 is 0 Å². The predicted octanol–water partition coefficient (Wildman–Crippen LogP) is 2.69. The molecule has 1 aliphatic rings. The van der Waals surface area contributed by atoms with Crippen molar-refractivity contribution < 1.29 is 9.53 Å². The average molecular weight is 212 g/mol. The average Bonchev–Trinajstić information content (AvgIpc) is 2.45. The van der Waals surface area contributed by atoms with Crippen LogP contribution in [0.3, 0.4) is 0 Å². The molecule has 1 unspecified atom stereocenters. The molecule has 0 bridgehead atoms. The molecule has 1 aromatic rings. The summed E-state index contributed by atoms with van der Waals surface area (Å²) in [6.45, 7) is 2.45. The Balaban J connectivity index is 2.27. The minimum absolute atomic E-state index is 0.0542. The highest BCUT2D eigenvalue weighted by atomic mass is 35.5. The summed E-state index contributed by atoms with van der Waals surface area (Å²) in [6, 6.07) is 7.18. The Hall–Kier alpha value is -1.22. The van der Waals surface area contributed by atoms with Crippen LogP contribution in [0, 0.1) is 0 Å². The van der Waals surface area contributed by atoms with E-state index in [0.717, 1.165) is 5.69 Å². The number of nitrogens with zero attached hydrogens (tertiary/aromatic N) is 1. The number of benzene rings is 1. The molecule has 1 saturated heterocycles. The maximum absolute atomic E-state index is 11.4. The molecule has 1 aliphatic heterocycles. The van der Waals surface area contributed by atoms with Gasteiger partial charge in [0.1, 0.15) is 6.10 Å². The van der Waals surface area contributed by atoms with Gasteiger partial charge >= 0.3 is 6.09 Å². The smallest absolute Gasteiger partial charge is 0.414 e. The predicted molar refractivity (Wildman–Crippen MR) is 54.7 cm³/mol. The van der Waals surface area contributed by atoms with Crippen molar-refractivity contribution in [1.29, 1.82) is 0 Å². The van der Waals surface area contributed by atoms with Gasteiger partial charge in [0.25, 0.3) is 0 Å². The van der Waals surface area contributed by atoms with Gasteiger partial charge in [-0.1, -0.05) is 17.7 Å². The van der Waals surface area contributed by atoms with E-state index in [4.69, 9.17) is 16.3 Å². The Kier molecular flexibility index (Phi) is 2.33. The van der Waals surface area contributed by atoms with Crippen molar-refractivity contribution in [2.24, 2.45) is 0 Å². The second-order valence-corrected chi connectivity index (χ2v) is 3.72. The molecule has 74 valence electrons. The van der Waals surface area contributed by atoms with Gasteiger partial charge in [-0.05, 0) is 25.1 Å². The first-order chi connectivity index (χ1) is 6.66. The van der Waals surface area contributed by atoms with E-state index in [9.17, 15) is 4.79 Å². The number of carbonyl (C=O) groups is 1. The number of halogens is 1. The third-order valence-corrected chi connectivity index (χ3v) is 2.32. The van der Waals surface area contributed by atoms with Crippen LogP contribution in [0.4, 0.5) is 10.5 Å². The molecule has 3 nitrogen and oxygen atoms in total. The molecule has 0 aromatic heterocycles. The third kappa shape index (κ3) is 1.68. The fourth-order valence-corrected chi connectivity index (χ4v) is 1.64. The first-order valence-electron chi connectivity index (χ1n) is 4.40. The van der Waals surface area contributed by atoms with E-state index in [-0.39, 0.29) is 12.2 Å². The van der Waals surface area contributed by atoms with Crippen molar-refractivity contribution in [2.45, 2.75) is 13.0 Å². The summed E-state index contributed by atoms with van der Waals surface area (Å²) in [5.74, 6) is 0. The summed E-state index contributed by atoms with van der Waals surface area (Å²) in [5.41, 5.74) is 0.784. The Morgan fingerprint density at radius 3 is 2.93 bits per heavy atom. The highest BCUT2D eigenvalue weighted by Gasteiger charge is 2.29. The Bertz CT molecular complexity index is 367. The van der Waals surface area contributed by atoms with Crippen molar-refractivity contribution >= 4 is 23.4 Å². The normalized spacial score (nSPS) is 21.1. The van der Waals surface area contributed by atoms with Gasteiger partial charge in [-0.25, -0.2) is 4.79 Å². The lowest BCUT2D eigenvalue weighted by molar-refractivity contribution is 0.150. The number of carbonyl (C=O) groups excluding carboxylic acids is 1. The molecule has 1 fully saturated rings. The van der Waals surface area contributed by atoms with Crippen molar-refractivity contribution in [3.63, 3.8) is 0 Å². The van der Waals surface area contributed by atoms with Crippen molar-refractivity contribution in [1.82, 2.24) is 0 Å². The summed E-state index contributed by atoms with van der Waals surface area (Å²) in [7, 11) is 0.